The number of aromatic amines is 1. The maximum Gasteiger partial charge on any atom is 0.326 e. The van der Waals surface area contributed by atoms with Crippen LogP contribution in [0.1, 0.15) is 80.9 Å². The maximum absolute atomic E-state index is 15.1. The Bertz CT molecular complexity index is 2700. The molecule has 5 rings (SSSR count). The summed E-state index contributed by atoms with van der Waals surface area (Å²) in [5.41, 5.74) is 1.36. The number of halogens is 2. The monoisotopic (exact) mass is 1150 g/mol. The average molecular weight is 1150 g/mol. The molecule has 0 saturated carbocycles. The number of hydrogen-bond donors (Lipinski definition) is 8. The summed E-state index contributed by atoms with van der Waals surface area (Å²) in [6.07, 6.45) is 0.139. The van der Waals surface area contributed by atoms with Crippen molar-refractivity contribution in [3.63, 3.8) is 0 Å². The van der Waals surface area contributed by atoms with Crippen LogP contribution in [0.4, 0.5) is 9.18 Å². The molecule has 0 spiro atoms. The molecule has 4 aromatic rings. The molecule has 0 radical (unpaired) electrons. The van der Waals surface area contributed by atoms with E-state index in [1.165, 1.54) is 23.1 Å². The number of urea groups is 1. The molecule has 0 aliphatic carbocycles. The summed E-state index contributed by atoms with van der Waals surface area (Å²) in [4.78, 5) is 113. The van der Waals surface area contributed by atoms with Crippen LogP contribution >= 0.6 is 22.6 Å². The molecule has 23 nitrogen and oxygen atoms in total. The molecule has 1 saturated heterocycles. The number of carbonyl (C=O) groups excluding carboxylic acids is 5. The van der Waals surface area contributed by atoms with E-state index in [0.717, 1.165) is 0 Å². The van der Waals surface area contributed by atoms with Crippen molar-refractivity contribution >= 4 is 80.9 Å². The number of amides is 6. The van der Waals surface area contributed by atoms with Gasteiger partial charge in [0.1, 0.15) is 17.9 Å². The lowest BCUT2D eigenvalue weighted by atomic mass is 10.0. The lowest BCUT2D eigenvalue weighted by Crippen LogP contribution is -2.51. The highest BCUT2D eigenvalue weighted by Gasteiger charge is 2.29. The normalized spacial score (nSPS) is 13.2. The van der Waals surface area contributed by atoms with E-state index in [0.29, 0.717) is 44.0 Å². The number of aromatic nitrogens is 2. The summed E-state index contributed by atoms with van der Waals surface area (Å²) in [7, 11) is 0. The molecule has 0 unspecified atom stereocenters. The Labute approximate surface area is 437 Å². The van der Waals surface area contributed by atoms with Gasteiger partial charge in [0.05, 0.1) is 56.3 Å². The molecule has 1 aromatic heterocycles. The number of aliphatic carboxylic acids is 3. The van der Waals surface area contributed by atoms with Crippen molar-refractivity contribution in [1.82, 2.24) is 41.3 Å². The second-order valence-electron chi connectivity index (χ2n) is 16.9. The minimum absolute atomic E-state index is 0.00288. The topological polar surface area (TPSA) is 325 Å². The summed E-state index contributed by atoms with van der Waals surface area (Å²) in [6, 6.07) is 12.2. The zero-order valence-corrected chi connectivity index (χ0v) is 42.4. The van der Waals surface area contributed by atoms with E-state index in [1.54, 1.807) is 47.4 Å². The Kier molecular flexibility index (Phi) is 23.1. The average Bonchev–Trinajstić information content (AvgIpc) is 3.38. The first kappa shape index (κ1) is 57.8. The molecule has 25 heteroatoms. The van der Waals surface area contributed by atoms with Gasteiger partial charge in [-0.05, 0) is 90.2 Å². The van der Waals surface area contributed by atoms with E-state index in [9.17, 15) is 48.3 Å². The number of ether oxygens (including phenoxy) is 3. The molecule has 2 heterocycles. The highest BCUT2D eigenvalue weighted by molar-refractivity contribution is 14.1. The van der Waals surface area contributed by atoms with Gasteiger partial charge in [0.25, 0.3) is 23.3 Å². The fourth-order valence-electron chi connectivity index (χ4n) is 7.63. The number of carbonyl (C=O) groups is 8. The van der Waals surface area contributed by atoms with E-state index in [4.69, 9.17) is 24.4 Å². The second-order valence-corrected chi connectivity index (χ2v) is 18.1. The van der Waals surface area contributed by atoms with Crippen molar-refractivity contribution in [2.75, 3.05) is 78.9 Å². The molecule has 2 atom stereocenters. The van der Waals surface area contributed by atoms with Crippen molar-refractivity contribution in [2.24, 2.45) is 0 Å². The van der Waals surface area contributed by atoms with Crippen molar-refractivity contribution in [1.29, 1.82) is 0 Å². The summed E-state index contributed by atoms with van der Waals surface area (Å²) in [6.45, 7) is 2.43. The van der Waals surface area contributed by atoms with Gasteiger partial charge in [-0.2, -0.15) is 5.10 Å². The van der Waals surface area contributed by atoms with Gasteiger partial charge in [0, 0.05) is 78.6 Å². The van der Waals surface area contributed by atoms with Crippen molar-refractivity contribution in [3.8, 4) is 0 Å². The van der Waals surface area contributed by atoms with Gasteiger partial charge >= 0.3 is 23.9 Å². The highest BCUT2D eigenvalue weighted by atomic mass is 131. The fourth-order valence-corrected chi connectivity index (χ4v) is 8.30. The summed E-state index contributed by atoms with van der Waals surface area (Å²) in [5, 5.41) is 44.8. The molecular formula is C49H58FIN8O15. The Morgan fingerprint density at radius 1 is 0.689 bits per heavy atom. The van der Waals surface area contributed by atoms with Crippen molar-refractivity contribution in [2.45, 2.75) is 57.0 Å². The lowest BCUT2D eigenvalue weighted by Gasteiger charge is -2.35. The first-order chi connectivity index (χ1) is 35.5. The number of rotatable bonds is 29. The summed E-state index contributed by atoms with van der Waals surface area (Å²) < 4.78 is 32.2. The fraction of sp³-hybridized carbons (Fsp3) is 0.429. The Morgan fingerprint density at radius 2 is 1.30 bits per heavy atom. The number of benzene rings is 3. The molecule has 398 valence electrons. The summed E-state index contributed by atoms with van der Waals surface area (Å²) >= 11 is 2.03. The first-order valence-electron chi connectivity index (χ1n) is 23.7. The zero-order valence-electron chi connectivity index (χ0n) is 40.2. The van der Waals surface area contributed by atoms with Crippen molar-refractivity contribution in [3.05, 3.63) is 108 Å². The summed E-state index contributed by atoms with van der Waals surface area (Å²) in [5.74, 6) is -6.25. The van der Waals surface area contributed by atoms with Crippen LogP contribution in [0.3, 0.4) is 0 Å². The van der Waals surface area contributed by atoms with E-state index in [1.807, 2.05) is 22.6 Å². The Hall–Kier alpha value is -7.10. The van der Waals surface area contributed by atoms with E-state index in [-0.39, 0.29) is 133 Å². The van der Waals surface area contributed by atoms with Gasteiger partial charge in [0.2, 0.25) is 5.91 Å². The van der Waals surface area contributed by atoms with Gasteiger partial charge in [-0.25, -0.2) is 23.9 Å². The quantitative estimate of drug-likeness (QED) is 0.0286. The number of carboxylic acid groups (broad SMARTS) is 3. The third kappa shape index (κ3) is 18.4. The van der Waals surface area contributed by atoms with Crippen LogP contribution in [-0.2, 0) is 39.8 Å². The smallest absolute Gasteiger partial charge is 0.326 e. The van der Waals surface area contributed by atoms with E-state index >= 15 is 4.39 Å². The number of hydrogen-bond acceptors (Lipinski definition) is 13. The van der Waals surface area contributed by atoms with E-state index < -0.39 is 60.1 Å². The zero-order chi connectivity index (χ0) is 53.6. The van der Waals surface area contributed by atoms with Gasteiger partial charge in [-0.3, -0.25) is 28.8 Å². The van der Waals surface area contributed by atoms with Gasteiger partial charge < -0.3 is 60.6 Å². The number of carboxylic acids is 3. The Balaban J connectivity index is 0.901. The van der Waals surface area contributed by atoms with Crippen LogP contribution in [0.2, 0.25) is 0 Å². The molecule has 3 aromatic carbocycles. The van der Waals surface area contributed by atoms with E-state index in [2.05, 4.69) is 31.5 Å². The third-order valence-corrected chi connectivity index (χ3v) is 12.1. The van der Waals surface area contributed by atoms with Crippen LogP contribution < -0.4 is 26.8 Å². The predicted molar refractivity (Wildman–Crippen MR) is 270 cm³/mol. The highest BCUT2D eigenvalue weighted by Crippen LogP contribution is 2.21. The van der Waals surface area contributed by atoms with Crippen LogP contribution in [0, 0.1) is 9.39 Å². The predicted octanol–water partition coefficient (Wildman–Crippen LogP) is 2.38. The molecule has 1 aliphatic heterocycles. The minimum atomic E-state index is -1.51. The SMILES string of the molecule is O=C(O)CC[C@H](NC(=O)N[C@@H](CCCCNC(=O)CCOCCOCCOCCNC(=O)c1cc([131I])cc(C(=O)N2CCN(C(=O)c3cc(Cc4n[nH]c(=O)c5ccccc45)ccc3F)CC2)c1)C(=O)O)C(=O)O. The minimum Gasteiger partial charge on any atom is -0.481 e. The van der Waals surface area contributed by atoms with Crippen LogP contribution in [-0.4, -0.2) is 174 Å². The maximum atomic E-state index is 15.1. The molecule has 0 bridgehead atoms. The second kappa shape index (κ2) is 29.6. The number of H-pyrrole nitrogens is 1. The molecule has 1 fully saturated rings. The number of nitrogens with zero attached hydrogens (tertiary/aromatic N) is 3. The van der Waals surface area contributed by atoms with Gasteiger partial charge in [0.15, 0.2) is 0 Å². The largest absolute Gasteiger partial charge is 0.481 e. The number of nitrogens with one attached hydrogen (secondary N) is 5. The van der Waals surface area contributed by atoms with Crippen LogP contribution in [0.15, 0.2) is 65.5 Å². The van der Waals surface area contributed by atoms with Crippen LogP contribution in [0.5, 0.6) is 0 Å². The molecule has 8 N–H and O–H groups in total. The molecular weight excluding hydrogens is 1090 g/mol. The Morgan fingerprint density at radius 3 is 1.96 bits per heavy atom. The molecule has 6 amide bonds. The number of fused-ring (bicyclic) bond motifs is 1. The van der Waals surface area contributed by atoms with Crippen molar-refractivity contribution < 1.29 is 72.3 Å². The molecule has 1 aliphatic rings. The lowest BCUT2D eigenvalue weighted by molar-refractivity contribution is -0.141. The third-order valence-electron chi connectivity index (χ3n) is 11.5. The number of unbranched alkanes of at least 4 members (excludes halogenated alkanes) is 1. The number of piperazine rings is 1. The standard InChI is InChI=1S/C49H58FIN8O15/c50-37-9-8-30(26-40-34-5-1-2-6-35(34)44(64)57-56-40)25-36(37)46(66)59-17-15-58(16-18-59)45(65)32-27-31(28-33(51)29-32)43(63)53-14-20-73-22-24-74-23-21-72-19-12-41(60)52-13-4-3-7-38(47(67)68)54-49(71)55-39(48(69)70)10-11-42(61)62/h1-2,5-6,8-9,25,27-29,38-39H,3-4,7,10-24,26H2,(H,52,60)(H,53,63)(H,57,64)(H,61,62)(H,67,68)(H,69,70)(H2,54,55,71)/t38-,39-/m0/s1/i51+4. The van der Waals surface area contributed by atoms with Gasteiger partial charge in [-0.1, -0.05) is 24.3 Å². The van der Waals surface area contributed by atoms with Crippen LogP contribution in [0.25, 0.3) is 10.8 Å². The first-order valence-corrected chi connectivity index (χ1v) is 24.7. The van der Waals surface area contributed by atoms with Gasteiger partial charge in [-0.15, -0.1) is 0 Å². The molecule has 74 heavy (non-hydrogen) atoms.